The van der Waals surface area contributed by atoms with Gasteiger partial charge in [0.2, 0.25) is 5.88 Å². The van der Waals surface area contributed by atoms with E-state index in [-0.39, 0.29) is 17.4 Å². The number of carbonyl (C=O) groups excluding carboxylic acids is 1. The monoisotopic (exact) mass is 552 g/mol. The van der Waals surface area contributed by atoms with E-state index in [2.05, 4.69) is 71.0 Å². The average Bonchev–Trinajstić information content (AvgIpc) is 3.65. The van der Waals surface area contributed by atoms with Crippen LogP contribution in [0.25, 0.3) is 0 Å². The Morgan fingerprint density at radius 1 is 1.31 bits per heavy atom. The standard InChI is InChI=1S/C29H37BrN4O2/c1-6-9-26(35)34-27(28(31)36-21-10-7-14-29(3,4)18-21)24(32-5)11-8-15-33-25-16-19(2)23(30)17-22(25)20-12-13-20/h8,11,15-17,20-21H,7,10,12-14,18,31H2,1-5H3,(H,34,35)/b11-8-,28-27-,32-24?,33-15?. The number of nitrogens with one attached hydrogen (secondary N) is 1. The molecule has 36 heavy (non-hydrogen) atoms. The van der Waals surface area contributed by atoms with Gasteiger partial charge >= 0.3 is 0 Å². The summed E-state index contributed by atoms with van der Waals surface area (Å²) in [6.07, 6.45) is 11.8. The Labute approximate surface area is 223 Å². The molecule has 2 aliphatic rings. The zero-order valence-corrected chi connectivity index (χ0v) is 23.5. The second-order valence-electron chi connectivity index (χ2n) is 10.2. The smallest absolute Gasteiger partial charge is 0.300 e. The molecule has 0 radical (unpaired) electrons. The number of aliphatic imine (C=N–C) groups is 2. The van der Waals surface area contributed by atoms with Gasteiger partial charge in [0, 0.05) is 17.7 Å². The molecule has 2 saturated carbocycles. The van der Waals surface area contributed by atoms with Gasteiger partial charge in [0.25, 0.3) is 5.91 Å². The first-order valence-electron chi connectivity index (χ1n) is 12.5. The van der Waals surface area contributed by atoms with E-state index in [0.717, 1.165) is 41.4 Å². The van der Waals surface area contributed by atoms with Gasteiger partial charge in [-0.05, 0) is 105 Å². The van der Waals surface area contributed by atoms with E-state index in [1.807, 2.05) is 0 Å². The molecule has 0 saturated heterocycles. The Morgan fingerprint density at radius 2 is 2.06 bits per heavy atom. The van der Waals surface area contributed by atoms with Crippen LogP contribution in [0.3, 0.4) is 0 Å². The summed E-state index contributed by atoms with van der Waals surface area (Å²) in [6, 6.07) is 4.28. The summed E-state index contributed by atoms with van der Waals surface area (Å²) in [7, 11) is 1.65. The predicted molar refractivity (Wildman–Crippen MR) is 151 cm³/mol. The lowest BCUT2D eigenvalue weighted by Crippen LogP contribution is -2.33. The van der Waals surface area contributed by atoms with E-state index in [1.54, 1.807) is 32.3 Å². The molecule has 3 N–H and O–H groups in total. The van der Waals surface area contributed by atoms with Gasteiger partial charge in [0.05, 0.1) is 11.4 Å². The fraction of sp³-hybridized carbons (Fsp3) is 0.483. The molecule has 192 valence electrons. The SMILES string of the molecule is CC#CC(=O)N/C(C(/C=C\C=Nc1cc(C)c(Br)cc1C1CC1)=NC)=C(/N)OC1CCCC(C)(C)C1. The van der Waals surface area contributed by atoms with E-state index in [1.165, 1.54) is 18.4 Å². The molecule has 7 heteroatoms. The number of benzene rings is 1. The van der Waals surface area contributed by atoms with Crippen molar-refractivity contribution in [2.45, 2.75) is 78.2 Å². The molecule has 1 amide bonds. The Bertz CT molecular complexity index is 1160. The summed E-state index contributed by atoms with van der Waals surface area (Å²) in [6.45, 7) is 8.15. The van der Waals surface area contributed by atoms with Gasteiger partial charge in [-0.25, -0.2) is 0 Å². The number of amides is 1. The lowest BCUT2D eigenvalue weighted by Gasteiger charge is -2.35. The zero-order chi connectivity index (χ0) is 26.3. The van der Waals surface area contributed by atoms with Crippen LogP contribution in [-0.4, -0.2) is 31.0 Å². The third-order valence-corrected chi connectivity index (χ3v) is 7.41. The summed E-state index contributed by atoms with van der Waals surface area (Å²) < 4.78 is 7.25. The van der Waals surface area contributed by atoms with Crippen LogP contribution < -0.4 is 11.1 Å². The average molecular weight is 554 g/mol. The lowest BCUT2D eigenvalue weighted by atomic mass is 9.76. The van der Waals surface area contributed by atoms with E-state index in [4.69, 9.17) is 15.5 Å². The van der Waals surface area contributed by atoms with E-state index in [9.17, 15) is 4.79 Å². The van der Waals surface area contributed by atoms with Crippen molar-refractivity contribution in [2.24, 2.45) is 21.1 Å². The number of ether oxygens (including phenoxy) is 1. The molecular formula is C29H37BrN4O2. The normalized spacial score (nSPS) is 20.6. The van der Waals surface area contributed by atoms with Gasteiger partial charge in [-0.15, -0.1) is 0 Å². The van der Waals surface area contributed by atoms with Gasteiger partial charge in [-0.2, -0.15) is 0 Å². The number of aryl methyl sites for hydroxylation is 1. The van der Waals surface area contributed by atoms with Crippen LogP contribution in [0.2, 0.25) is 0 Å². The van der Waals surface area contributed by atoms with Crippen molar-refractivity contribution in [1.82, 2.24) is 5.32 Å². The van der Waals surface area contributed by atoms with Crippen molar-refractivity contribution in [3.05, 3.63) is 51.5 Å². The number of nitrogens with zero attached hydrogens (tertiary/aromatic N) is 2. The molecule has 6 nitrogen and oxygen atoms in total. The van der Waals surface area contributed by atoms with Gasteiger partial charge in [-0.1, -0.05) is 35.7 Å². The molecule has 3 rings (SSSR count). The maximum Gasteiger partial charge on any atom is 0.300 e. The first kappa shape index (κ1) is 27.7. The highest BCUT2D eigenvalue weighted by molar-refractivity contribution is 9.10. The topological polar surface area (TPSA) is 89.1 Å². The Morgan fingerprint density at radius 3 is 2.69 bits per heavy atom. The summed E-state index contributed by atoms with van der Waals surface area (Å²) in [4.78, 5) is 21.4. The lowest BCUT2D eigenvalue weighted by molar-refractivity contribution is -0.115. The summed E-state index contributed by atoms with van der Waals surface area (Å²) in [5, 5.41) is 2.77. The van der Waals surface area contributed by atoms with Crippen molar-refractivity contribution >= 4 is 39.5 Å². The Hall–Kier alpha value is -2.85. The van der Waals surface area contributed by atoms with Gasteiger partial charge in [0.1, 0.15) is 11.8 Å². The molecule has 0 aliphatic heterocycles. The van der Waals surface area contributed by atoms with Gasteiger partial charge in [-0.3, -0.25) is 14.8 Å². The van der Waals surface area contributed by atoms with Gasteiger partial charge in [0.15, 0.2) is 0 Å². The van der Waals surface area contributed by atoms with Crippen molar-refractivity contribution in [2.75, 3.05) is 7.05 Å². The number of nitrogens with two attached hydrogens (primary N) is 1. The number of rotatable bonds is 8. The molecule has 2 aliphatic carbocycles. The number of allylic oxidation sites excluding steroid dienone is 2. The number of hydrogen-bond acceptors (Lipinski definition) is 5. The molecule has 2 fully saturated rings. The van der Waals surface area contributed by atoms with E-state index < -0.39 is 5.91 Å². The first-order valence-corrected chi connectivity index (χ1v) is 13.3. The molecule has 0 aromatic heterocycles. The van der Waals surface area contributed by atoms with Crippen molar-refractivity contribution in [3.8, 4) is 11.8 Å². The molecule has 1 aromatic carbocycles. The third-order valence-electron chi connectivity index (χ3n) is 6.55. The summed E-state index contributed by atoms with van der Waals surface area (Å²) in [5.41, 5.74) is 10.8. The summed E-state index contributed by atoms with van der Waals surface area (Å²) in [5.74, 6) is 5.36. The van der Waals surface area contributed by atoms with Crippen LogP contribution in [0.5, 0.6) is 0 Å². The van der Waals surface area contributed by atoms with Crippen LogP contribution in [0.1, 0.15) is 76.3 Å². The minimum absolute atomic E-state index is 0.0111. The van der Waals surface area contributed by atoms with E-state index in [0.29, 0.717) is 17.3 Å². The zero-order valence-electron chi connectivity index (χ0n) is 22.0. The Balaban J connectivity index is 1.83. The fourth-order valence-electron chi connectivity index (χ4n) is 4.52. The van der Waals surface area contributed by atoms with Crippen molar-refractivity contribution in [1.29, 1.82) is 0 Å². The van der Waals surface area contributed by atoms with Crippen LogP contribution in [0, 0.1) is 24.2 Å². The van der Waals surface area contributed by atoms with Crippen LogP contribution in [0.4, 0.5) is 5.69 Å². The molecule has 1 atom stereocenters. The fourth-order valence-corrected chi connectivity index (χ4v) is 4.88. The quantitative estimate of drug-likeness (QED) is 0.228. The van der Waals surface area contributed by atoms with Crippen LogP contribution >= 0.6 is 15.9 Å². The highest BCUT2D eigenvalue weighted by Gasteiger charge is 2.30. The molecule has 0 heterocycles. The van der Waals surface area contributed by atoms with Crippen LogP contribution in [0.15, 0.2) is 50.3 Å². The third kappa shape index (κ3) is 7.83. The molecule has 0 spiro atoms. The number of halogens is 1. The minimum Gasteiger partial charge on any atom is -0.474 e. The number of carbonyl (C=O) groups is 1. The van der Waals surface area contributed by atoms with Crippen LogP contribution in [-0.2, 0) is 9.53 Å². The Kier molecular flexibility index (Phi) is 9.56. The molecular weight excluding hydrogens is 516 g/mol. The second-order valence-corrected chi connectivity index (χ2v) is 11.1. The second kappa shape index (κ2) is 12.4. The highest BCUT2D eigenvalue weighted by Crippen LogP contribution is 2.45. The van der Waals surface area contributed by atoms with Crippen molar-refractivity contribution < 1.29 is 9.53 Å². The number of hydrogen-bond donors (Lipinski definition) is 2. The minimum atomic E-state index is -0.467. The maximum atomic E-state index is 12.3. The molecule has 1 unspecified atom stereocenters. The van der Waals surface area contributed by atoms with E-state index >= 15 is 0 Å². The predicted octanol–water partition coefficient (Wildman–Crippen LogP) is 6.22. The van der Waals surface area contributed by atoms with Gasteiger partial charge < -0.3 is 15.8 Å². The first-order chi connectivity index (χ1) is 17.1. The largest absolute Gasteiger partial charge is 0.474 e. The summed E-state index contributed by atoms with van der Waals surface area (Å²) >= 11 is 3.63. The maximum absolute atomic E-state index is 12.3. The molecule has 0 bridgehead atoms. The molecule has 1 aromatic rings. The van der Waals surface area contributed by atoms with Crippen molar-refractivity contribution in [3.63, 3.8) is 0 Å². The highest BCUT2D eigenvalue weighted by atomic mass is 79.9.